The van der Waals surface area contributed by atoms with E-state index in [-0.39, 0.29) is 5.91 Å². The zero-order chi connectivity index (χ0) is 17.5. The molecule has 1 aliphatic heterocycles. The lowest BCUT2D eigenvalue weighted by atomic mass is 10.1. The SMILES string of the molecule is CCc1ccc(C(=O)N/N=C\c2ccc(N3CCOCC3)cc2)cc1. The van der Waals surface area contributed by atoms with Gasteiger partial charge in [0, 0.05) is 24.3 Å². The van der Waals surface area contributed by atoms with Gasteiger partial charge in [-0.15, -0.1) is 0 Å². The third-order valence-electron chi connectivity index (χ3n) is 4.27. The summed E-state index contributed by atoms with van der Waals surface area (Å²) in [6, 6.07) is 15.7. The molecule has 0 aliphatic carbocycles. The minimum absolute atomic E-state index is 0.205. The topological polar surface area (TPSA) is 53.9 Å². The summed E-state index contributed by atoms with van der Waals surface area (Å²) in [6.07, 6.45) is 2.61. The molecule has 1 amide bonds. The van der Waals surface area contributed by atoms with Crippen molar-refractivity contribution in [2.75, 3.05) is 31.2 Å². The van der Waals surface area contributed by atoms with Crippen LogP contribution in [0, 0.1) is 0 Å². The fourth-order valence-corrected chi connectivity index (χ4v) is 2.71. The molecular weight excluding hydrogens is 314 g/mol. The number of ether oxygens (including phenoxy) is 1. The van der Waals surface area contributed by atoms with Crippen molar-refractivity contribution in [1.82, 2.24) is 5.43 Å². The van der Waals surface area contributed by atoms with Crippen molar-refractivity contribution in [3.8, 4) is 0 Å². The Morgan fingerprint density at radius 3 is 2.44 bits per heavy atom. The number of hydrazone groups is 1. The van der Waals surface area contributed by atoms with Gasteiger partial charge in [-0.3, -0.25) is 4.79 Å². The fraction of sp³-hybridized carbons (Fsp3) is 0.300. The number of nitrogens with zero attached hydrogens (tertiary/aromatic N) is 2. The molecule has 3 rings (SSSR count). The standard InChI is InChI=1S/C20H23N3O2/c1-2-16-3-7-18(8-4-16)20(24)22-21-15-17-5-9-19(10-6-17)23-11-13-25-14-12-23/h3-10,15H,2,11-14H2,1H3,(H,22,24)/b21-15-. The molecule has 25 heavy (non-hydrogen) atoms. The number of aryl methyl sites for hydroxylation is 1. The second-order valence-corrected chi connectivity index (χ2v) is 5.94. The predicted octanol–water partition coefficient (Wildman–Crippen LogP) is 2.85. The Morgan fingerprint density at radius 1 is 1.12 bits per heavy atom. The van der Waals surface area contributed by atoms with Gasteiger partial charge in [-0.1, -0.05) is 31.2 Å². The monoisotopic (exact) mass is 337 g/mol. The molecule has 1 heterocycles. The minimum Gasteiger partial charge on any atom is -0.378 e. The van der Waals surface area contributed by atoms with Crippen molar-refractivity contribution >= 4 is 17.8 Å². The largest absolute Gasteiger partial charge is 0.378 e. The lowest BCUT2D eigenvalue weighted by Gasteiger charge is -2.28. The van der Waals surface area contributed by atoms with Crippen LogP contribution in [0.1, 0.15) is 28.4 Å². The highest BCUT2D eigenvalue weighted by Gasteiger charge is 2.10. The Hall–Kier alpha value is -2.66. The van der Waals surface area contributed by atoms with Crippen LogP contribution in [0.5, 0.6) is 0 Å². The van der Waals surface area contributed by atoms with Crippen LogP contribution in [0.3, 0.4) is 0 Å². The third kappa shape index (κ3) is 4.67. The molecule has 1 saturated heterocycles. The van der Waals surface area contributed by atoms with Gasteiger partial charge in [0.2, 0.25) is 0 Å². The normalized spacial score (nSPS) is 14.7. The summed E-state index contributed by atoms with van der Waals surface area (Å²) >= 11 is 0. The number of carbonyl (C=O) groups is 1. The van der Waals surface area contributed by atoms with E-state index in [1.54, 1.807) is 6.21 Å². The van der Waals surface area contributed by atoms with Gasteiger partial charge in [0.05, 0.1) is 19.4 Å². The van der Waals surface area contributed by atoms with E-state index in [9.17, 15) is 4.79 Å². The van der Waals surface area contributed by atoms with Crippen molar-refractivity contribution in [2.24, 2.45) is 5.10 Å². The van der Waals surface area contributed by atoms with Gasteiger partial charge in [-0.25, -0.2) is 5.43 Å². The molecule has 0 saturated carbocycles. The van der Waals surface area contributed by atoms with Crippen molar-refractivity contribution in [3.63, 3.8) is 0 Å². The van der Waals surface area contributed by atoms with Crippen molar-refractivity contribution in [2.45, 2.75) is 13.3 Å². The van der Waals surface area contributed by atoms with Crippen molar-refractivity contribution in [1.29, 1.82) is 0 Å². The molecule has 2 aromatic rings. The predicted molar refractivity (Wildman–Crippen MR) is 100 cm³/mol. The van der Waals surface area contributed by atoms with Crippen LogP contribution in [-0.2, 0) is 11.2 Å². The van der Waals surface area contributed by atoms with Gasteiger partial charge in [0.1, 0.15) is 0 Å². The summed E-state index contributed by atoms with van der Waals surface area (Å²) in [5.74, 6) is -0.205. The zero-order valence-corrected chi connectivity index (χ0v) is 14.4. The maximum atomic E-state index is 12.1. The molecule has 5 nitrogen and oxygen atoms in total. The molecular formula is C20H23N3O2. The number of morpholine rings is 1. The molecule has 0 spiro atoms. The molecule has 0 bridgehead atoms. The number of benzene rings is 2. The number of nitrogens with one attached hydrogen (secondary N) is 1. The first-order valence-electron chi connectivity index (χ1n) is 8.61. The number of anilines is 1. The lowest BCUT2D eigenvalue weighted by molar-refractivity contribution is 0.0955. The van der Waals surface area contributed by atoms with E-state index in [1.807, 2.05) is 36.4 Å². The maximum Gasteiger partial charge on any atom is 0.271 e. The second kappa shape index (κ2) is 8.44. The number of hydrogen-bond donors (Lipinski definition) is 1. The van der Waals surface area contributed by atoms with E-state index in [4.69, 9.17) is 4.74 Å². The summed E-state index contributed by atoms with van der Waals surface area (Å²) < 4.78 is 5.37. The Morgan fingerprint density at radius 2 is 1.80 bits per heavy atom. The summed E-state index contributed by atoms with van der Waals surface area (Å²) in [7, 11) is 0. The van der Waals surface area contributed by atoms with E-state index in [0.717, 1.165) is 38.3 Å². The Labute approximate surface area is 148 Å². The van der Waals surface area contributed by atoms with Crippen LogP contribution < -0.4 is 10.3 Å². The highest BCUT2D eigenvalue weighted by Crippen LogP contribution is 2.16. The highest BCUT2D eigenvalue weighted by atomic mass is 16.5. The summed E-state index contributed by atoms with van der Waals surface area (Å²) in [5.41, 5.74) is 6.51. The van der Waals surface area contributed by atoms with Gasteiger partial charge in [-0.2, -0.15) is 5.10 Å². The molecule has 130 valence electrons. The molecule has 0 radical (unpaired) electrons. The summed E-state index contributed by atoms with van der Waals surface area (Å²) in [6.45, 7) is 5.47. The lowest BCUT2D eigenvalue weighted by Crippen LogP contribution is -2.36. The quantitative estimate of drug-likeness (QED) is 0.674. The van der Waals surface area contributed by atoms with E-state index in [1.165, 1.54) is 11.3 Å². The first kappa shape index (κ1) is 17.2. The third-order valence-corrected chi connectivity index (χ3v) is 4.27. The number of rotatable bonds is 5. The molecule has 0 unspecified atom stereocenters. The Bertz CT molecular complexity index is 718. The van der Waals surface area contributed by atoms with Gasteiger partial charge in [-0.05, 0) is 41.8 Å². The van der Waals surface area contributed by atoms with Crippen LogP contribution in [0.4, 0.5) is 5.69 Å². The smallest absolute Gasteiger partial charge is 0.271 e. The Kier molecular flexibility index (Phi) is 5.80. The second-order valence-electron chi connectivity index (χ2n) is 5.94. The fourth-order valence-electron chi connectivity index (χ4n) is 2.71. The molecule has 1 aliphatic rings. The van der Waals surface area contributed by atoms with Crippen LogP contribution in [-0.4, -0.2) is 38.4 Å². The average molecular weight is 337 g/mol. The number of hydrogen-bond acceptors (Lipinski definition) is 4. The molecule has 0 atom stereocenters. The Balaban J connectivity index is 1.55. The van der Waals surface area contributed by atoms with Gasteiger partial charge in [0.25, 0.3) is 5.91 Å². The molecule has 1 fully saturated rings. The first-order valence-corrected chi connectivity index (χ1v) is 8.61. The van der Waals surface area contributed by atoms with Crippen molar-refractivity contribution in [3.05, 3.63) is 65.2 Å². The average Bonchev–Trinajstić information content (AvgIpc) is 2.69. The molecule has 1 N–H and O–H groups in total. The van der Waals surface area contributed by atoms with Crippen LogP contribution in [0.15, 0.2) is 53.6 Å². The highest BCUT2D eigenvalue weighted by molar-refractivity contribution is 5.94. The first-order chi connectivity index (χ1) is 12.3. The van der Waals surface area contributed by atoms with Crippen LogP contribution in [0.2, 0.25) is 0 Å². The van der Waals surface area contributed by atoms with Gasteiger partial charge < -0.3 is 9.64 Å². The maximum absolute atomic E-state index is 12.1. The van der Waals surface area contributed by atoms with Crippen molar-refractivity contribution < 1.29 is 9.53 Å². The molecule has 2 aromatic carbocycles. The number of amides is 1. The van der Waals surface area contributed by atoms with E-state index >= 15 is 0 Å². The molecule has 0 aromatic heterocycles. The summed E-state index contributed by atoms with van der Waals surface area (Å²) in [4.78, 5) is 14.3. The van der Waals surface area contributed by atoms with Crippen LogP contribution in [0.25, 0.3) is 0 Å². The zero-order valence-electron chi connectivity index (χ0n) is 14.4. The van der Waals surface area contributed by atoms with E-state index in [2.05, 4.69) is 34.5 Å². The van der Waals surface area contributed by atoms with E-state index in [0.29, 0.717) is 5.56 Å². The molecule has 5 heteroatoms. The van der Waals surface area contributed by atoms with Gasteiger partial charge >= 0.3 is 0 Å². The van der Waals surface area contributed by atoms with Gasteiger partial charge in [0.15, 0.2) is 0 Å². The minimum atomic E-state index is -0.205. The number of carbonyl (C=O) groups excluding carboxylic acids is 1. The van der Waals surface area contributed by atoms with E-state index < -0.39 is 0 Å². The van der Waals surface area contributed by atoms with Crippen LogP contribution >= 0.6 is 0 Å². The summed E-state index contributed by atoms with van der Waals surface area (Å²) in [5, 5.41) is 4.04.